The van der Waals surface area contributed by atoms with E-state index in [-0.39, 0.29) is 0 Å². The van der Waals surface area contributed by atoms with Crippen LogP contribution in [-0.4, -0.2) is 29.3 Å². The van der Waals surface area contributed by atoms with Crippen LogP contribution in [0.4, 0.5) is 0 Å². The van der Waals surface area contributed by atoms with Gasteiger partial charge in [-0.25, -0.2) is 0 Å². The highest BCUT2D eigenvalue weighted by Crippen LogP contribution is 2.34. The Bertz CT molecular complexity index is 407. The molecular formula is C15H25N3O2. The average molecular weight is 279 g/mol. The Kier molecular flexibility index (Phi) is 4.68. The van der Waals surface area contributed by atoms with Gasteiger partial charge >= 0.3 is 0 Å². The van der Waals surface area contributed by atoms with Crippen LogP contribution in [0.2, 0.25) is 0 Å². The largest absolute Gasteiger partial charge is 0.368 e. The van der Waals surface area contributed by atoms with Crippen LogP contribution in [-0.2, 0) is 11.3 Å². The van der Waals surface area contributed by atoms with Crippen LogP contribution >= 0.6 is 0 Å². The van der Waals surface area contributed by atoms with Crippen molar-refractivity contribution in [3.63, 3.8) is 0 Å². The molecule has 2 fully saturated rings. The Morgan fingerprint density at radius 3 is 2.65 bits per heavy atom. The second kappa shape index (κ2) is 6.68. The van der Waals surface area contributed by atoms with Crippen molar-refractivity contribution in [2.75, 3.05) is 13.1 Å². The van der Waals surface area contributed by atoms with Gasteiger partial charge in [0.1, 0.15) is 6.61 Å². The van der Waals surface area contributed by atoms with Crippen LogP contribution in [0.5, 0.6) is 0 Å². The first-order valence-electron chi connectivity index (χ1n) is 7.96. The summed E-state index contributed by atoms with van der Waals surface area (Å²) in [4.78, 5) is 4.52. The summed E-state index contributed by atoms with van der Waals surface area (Å²) < 4.78 is 11.2. The summed E-state index contributed by atoms with van der Waals surface area (Å²) in [5, 5.41) is 7.48. The summed E-state index contributed by atoms with van der Waals surface area (Å²) >= 11 is 0. The van der Waals surface area contributed by atoms with Crippen LogP contribution in [0.25, 0.3) is 0 Å². The Balaban J connectivity index is 1.49. The molecule has 5 nitrogen and oxygen atoms in total. The van der Waals surface area contributed by atoms with E-state index in [2.05, 4.69) is 22.4 Å². The van der Waals surface area contributed by atoms with Gasteiger partial charge in [-0.3, -0.25) is 0 Å². The van der Waals surface area contributed by atoms with Crippen molar-refractivity contribution < 1.29 is 9.26 Å². The number of hydrogen-bond acceptors (Lipinski definition) is 5. The van der Waals surface area contributed by atoms with Crippen molar-refractivity contribution in [2.24, 2.45) is 5.92 Å². The van der Waals surface area contributed by atoms with Gasteiger partial charge < -0.3 is 14.6 Å². The van der Waals surface area contributed by atoms with Crippen LogP contribution in [0.1, 0.15) is 63.1 Å². The van der Waals surface area contributed by atoms with E-state index in [9.17, 15) is 0 Å². The van der Waals surface area contributed by atoms with Crippen molar-refractivity contribution in [3.8, 4) is 0 Å². The van der Waals surface area contributed by atoms with Crippen molar-refractivity contribution in [2.45, 2.75) is 64.1 Å². The monoisotopic (exact) mass is 279 g/mol. The third-order valence-electron chi connectivity index (χ3n) is 4.59. The zero-order chi connectivity index (χ0) is 13.8. The molecule has 3 rings (SSSR count). The number of ether oxygens (including phenoxy) is 1. The molecule has 1 aliphatic carbocycles. The van der Waals surface area contributed by atoms with Gasteiger partial charge in [-0.05, 0) is 44.7 Å². The zero-order valence-electron chi connectivity index (χ0n) is 12.3. The molecule has 1 saturated carbocycles. The molecule has 1 aromatic rings. The fourth-order valence-corrected chi connectivity index (χ4v) is 3.16. The molecule has 0 spiro atoms. The molecule has 1 saturated heterocycles. The van der Waals surface area contributed by atoms with Gasteiger partial charge in [-0.15, -0.1) is 0 Å². The molecule has 0 bridgehead atoms. The fraction of sp³-hybridized carbons (Fsp3) is 0.867. The summed E-state index contributed by atoms with van der Waals surface area (Å²) in [7, 11) is 0. The van der Waals surface area contributed by atoms with E-state index in [1.54, 1.807) is 0 Å². The van der Waals surface area contributed by atoms with Gasteiger partial charge in [0.25, 0.3) is 5.89 Å². The predicted octanol–water partition coefficient (Wildman–Crippen LogP) is 2.63. The Hall–Kier alpha value is -0.940. The van der Waals surface area contributed by atoms with Crippen LogP contribution in [0, 0.1) is 5.92 Å². The maximum atomic E-state index is 5.85. The normalized spacial score (nSPS) is 28.6. The van der Waals surface area contributed by atoms with Crippen molar-refractivity contribution >= 4 is 0 Å². The van der Waals surface area contributed by atoms with E-state index < -0.39 is 0 Å². The molecule has 2 heterocycles. The first-order valence-corrected chi connectivity index (χ1v) is 7.96. The molecule has 20 heavy (non-hydrogen) atoms. The van der Waals surface area contributed by atoms with Gasteiger partial charge in [-0.1, -0.05) is 24.9 Å². The van der Waals surface area contributed by atoms with Gasteiger partial charge in [0.15, 0.2) is 5.82 Å². The molecule has 0 unspecified atom stereocenters. The highest BCUT2D eigenvalue weighted by atomic mass is 16.5. The number of aromatic nitrogens is 2. The van der Waals surface area contributed by atoms with Gasteiger partial charge in [0.05, 0.1) is 6.10 Å². The van der Waals surface area contributed by atoms with E-state index in [1.165, 1.54) is 25.7 Å². The highest BCUT2D eigenvalue weighted by Gasteiger charge is 2.24. The maximum Gasteiger partial charge on any atom is 0.252 e. The van der Waals surface area contributed by atoms with E-state index in [0.717, 1.165) is 37.7 Å². The van der Waals surface area contributed by atoms with E-state index in [4.69, 9.17) is 9.26 Å². The lowest BCUT2D eigenvalue weighted by Gasteiger charge is -2.23. The van der Waals surface area contributed by atoms with Crippen molar-refractivity contribution in [3.05, 3.63) is 11.7 Å². The zero-order valence-corrected chi connectivity index (χ0v) is 12.3. The molecule has 2 aliphatic rings. The molecule has 1 aliphatic heterocycles. The number of nitrogens with zero attached hydrogens (tertiary/aromatic N) is 2. The molecule has 112 valence electrons. The van der Waals surface area contributed by atoms with Crippen molar-refractivity contribution in [1.29, 1.82) is 0 Å². The highest BCUT2D eigenvalue weighted by molar-refractivity contribution is 4.97. The molecule has 0 aromatic carbocycles. The Labute approximate surface area is 120 Å². The summed E-state index contributed by atoms with van der Waals surface area (Å²) in [6.07, 6.45) is 7.41. The molecule has 0 radical (unpaired) electrons. The second-order valence-electron chi connectivity index (χ2n) is 6.26. The van der Waals surface area contributed by atoms with Gasteiger partial charge in [0, 0.05) is 5.92 Å². The summed E-state index contributed by atoms with van der Waals surface area (Å²) in [6, 6.07) is 0. The lowest BCUT2D eigenvalue weighted by atomic mass is 9.83. The molecule has 1 N–H and O–H groups in total. The summed E-state index contributed by atoms with van der Waals surface area (Å²) in [5.41, 5.74) is 0. The van der Waals surface area contributed by atoms with E-state index in [1.807, 2.05) is 0 Å². The number of rotatable bonds is 4. The number of hydrogen-bond donors (Lipinski definition) is 1. The SMILES string of the molecule is CC1CCC(c2noc(COC3CCNCC3)n2)CC1. The lowest BCUT2D eigenvalue weighted by molar-refractivity contribution is 0.00859. The Morgan fingerprint density at radius 2 is 1.90 bits per heavy atom. The quantitative estimate of drug-likeness (QED) is 0.918. The second-order valence-corrected chi connectivity index (χ2v) is 6.26. The molecule has 1 aromatic heterocycles. The lowest BCUT2D eigenvalue weighted by Crippen LogP contribution is -2.32. The first-order chi connectivity index (χ1) is 9.81. The molecule has 0 atom stereocenters. The third-order valence-corrected chi connectivity index (χ3v) is 4.59. The number of piperidine rings is 1. The molecular weight excluding hydrogens is 254 g/mol. The Morgan fingerprint density at radius 1 is 1.15 bits per heavy atom. The predicted molar refractivity (Wildman–Crippen MR) is 75.4 cm³/mol. The first kappa shape index (κ1) is 14.0. The van der Waals surface area contributed by atoms with Crippen LogP contribution in [0.3, 0.4) is 0 Å². The van der Waals surface area contributed by atoms with Crippen LogP contribution < -0.4 is 5.32 Å². The minimum Gasteiger partial charge on any atom is -0.368 e. The third kappa shape index (κ3) is 3.58. The van der Waals surface area contributed by atoms with Crippen molar-refractivity contribution in [1.82, 2.24) is 15.5 Å². The molecule has 0 amide bonds. The number of nitrogens with one attached hydrogen (secondary N) is 1. The van der Waals surface area contributed by atoms with Gasteiger partial charge in [0.2, 0.25) is 0 Å². The van der Waals surface area contributed by atoms with Gasteiger partial charge in [-0.2, -0.15) is 4.98 Å². The summed E-state index contributed by atoms with van der Waals surface area (Å²) in [6.45, 7) is 4.87. The molecule has 5 heteroatoms. The topological polar surface area (TPSA) is 60.2 Å². The smallest absolute Gasteiger partial charge is 0.252 e. The van der Waals surface area contributed by atoms with E-state index >= 15 is 0 Å². The minimum absolute atomic E-state index is 0.335. The standard InChI is InChI=1S/C15H25N3O2/c1-11-2-4-12(5-3-11)15-17-14(20-18-15)10-19-13-6-8-16-9-7-13/h11-13,16H,2-10H2,1H3. The fourth-order valence-electron chi connectivity index (χ4n) is 3.16. The van der Waals surface area contributed by atoms with Crippen LogP contribution in [0.15, 0.2) is 4.52 Å². The summed E-state index contributed by atoms with van der Waals surface area (Å²) in [5.74, 6) is 2.86. The van der Waals surface area contributed by atoms with E-state index in [0.29, 0.717) is 24.5 Å². The average Bonchev–Trinajstić information content (AvgIpc) is 2.96. The minimum atomic E-state index is 0.335. The maximum absolute atomic E-state index is 5.85.